The van der Waals surface area contributed by atoms with Crippen LogP contribution in [0.4, 0.5) is 14.9 Å². The van der Waals surface area contributed by atoms with Crippen molar-refractivity contribution in [1.82, 2.24) is 0 Å². The molecule has 1 aromatic carbocycles. The molecule has 0 saturated carbocycles. The molecule has 0 heterocycles. The molecular formula is C13H18FNO2. The third-order valence-electron chi connectivity index (χ3n) is 2.37. The first kappa shape index (κ1) is 13.5. The number of amides is 1. The maximum absolute atomic E-state index is 12.6. The van der Waals surface area contributed by atoms with Gasteiger partial charge in [0, 0.05) is 5.69 Å². The van der Waals surface area contributed by atoms with Gasteiger partial charge in [0.15, 0.2) is 0 Å². The molecule has 1 amide bonds. The molecule has 0 fully saturated rings. The lowest BCUT2D eigenvalue weighted by Gasteiger charge is -2.11. The van der Waals surface area contributed by atoms with Crippen molar-refractivity contribution >= 4 is 11.8 Å². The maximum atomic E-state index is 12.6. The summed E-state index contributed by atoms with van der Waals surface area (Å²) in [6.07, 6.45) is 1.60. The lowest BCUT2D eigenvalue weighted by atomic mass is 10.1. The van der Waals surface area contributed by atoms with Crippen LogP contribution in [0, 0.1) is 11.7 Å². The number of nitrogens with one attached hydrogen (secondary N) is 1. The Hall–Kier alpha value is -1.58. The van der Waals surface area contributed by atoms with Crippen molar-refractivity contribution in [2.24, 2.45) is 5.92 Å². The smallest absolute Gasteiger partial charge is 0.411 e. The Labute approximate surface area is 101 Å². The number of anilines is 1. The monoisotopic (exact) mass is 239 g/mol. The number of rotatable bonds is 5. The first-order chi connectivity index (χ1) is 8.11. The summed E-state index contributed by atoms with van der Waals surface area (Å²) in [4.78, 5) is 11.4. The molecule has 1 rings (SSSR count). The molecular weight excluding hydrogens is 221 g/mol. The van der Waals surface area contributed by atoms with Gasteiger partial charge in [-0.2, -0.15) is 0 Å². The van der Waals surface area contributed by atoms with Crippen molar-refractivity contribution in [1.29, 1.82) is 0 Å². The third kappa shape index (κ3) is 5.33. The van der Waals surface area contributed by atoms with E-state index in [1.807, 2.05) is 6.92 Å². The van der Waals surface area contributed by atoms with E-state index in [1.165, 1.54) is 24.3 Å². The molecule has 1 N–H and O–H groups in total. The second kappa shape index (κ2) is 6.89. The Kier molecular flexibility index (Phi) is 5.46. The van der Waals surface area contributed by atoms with Crippen LogP contribution in [0.3, 0.4) is 0 Å². The van der Waals surface area contributed by atoms with E-state index >= 15 is 0 Å². The van der Waals surface area contributed by atoms with E-state index in [4.69, 9.17) is 4.74 Å². The first-order valence-electron chi connectivity index (χ1n) is 5.81. The lowest BCUT2D eigenvalue weighted by Crippen LogP contribution is -2.17. The van der Waals surface area contributed by atoms with Crippen LogP contribution in [-0.2, 0) is 4.74 Å². The molecule has 0 aliphatic heterocycles. The Morgan fingerprint density at radius 2 is 2.06 bits per heavy atom. The SMILES string of the molecule is CCC[C@H](C)COC(=O)Nc1ccc(F)cc1. The van der Waals surface area contributed by atoms with Gasteiger partial charge in [0.05, 0.1) is 6.61 Å². The van der Waals surface area contributed by atoms with Crippen molar-refractivity contribution in [3.05, 3.63) is 30.1 Å². The third-order valence-corrected chi connectivity index (χ3v) is 2.37. The Balaban J connectivity index is 2.32. The molecule has 0 saturated heterocycles. The van der Waals surface area contributed by atoms with E-state index in [1.54, 1.807) is 0 Å². The highest BCUT2D eigenvalue weighted by Gasteiger charge is 2.06. The number of ether oxygens (including phenoxy) is 1. The molecule has 0 spiro atoms. The van der Waals surface area contributed by atoms with Crippen molar-refractivity contribution in [3.8, 4) is 0 Å². The predicted molar refractivity (Wildman–Crippen MR) is 65.4 cm³/mol. The van der Waals surface area contributed by atoms with Gasteiger partial charge in [-0.1, -0.05) is 20.3 Å². The van der Waals surface area contributed by atoms with Gasteiger partial charge < -0.3 is 4.74 Å². The molecule has 94 valence electrons. The van der Waals surface area contributed by atoms with E-state index < -0.39 is 6.09 Å². The number of carbonyl (C=O) groups is 1. The van der Waals surface area contributed by atoms with Crippen LogP contribution in [0.25, 0.3) is 0 Å². The van der Waals surface area contributed by atoms with Crippen molar-refractivity contribution in [2.45, 2.75) is 26.7 Å². The number of benzene rings is 1. The highest BCUT2D eigenvalue weighted by Crippen LogP contribution is 2.10. The van der Waals surface area contributed by atoms with Gasteiger partial charge in [0.1, 0.15) is 5.82 Å². The van der Waals surface area contributed by atoms with Crippen molar-refractivity contribution in [3.63, 3.8) is 0 Å². The van der Waals surface area contributed by atoms with E-state index in [0.29, 0.717) is 18.2 Å². The largest absolute Gasteiger partial charge is 0.449 e. The zero-order valence-electron chi connectivity index (χ0n) is 10.2. The molecule has 1 aromatic rings. The average Bonchev–Trinajstić information content (AvgIpc) is 2.30. The predicted octanol–water partition coefficient (Wildman–Crippen LogP) is 3.81. The maximum Gasteiger partial charge on any atom is 0.411 e. The molecule has 0 aliphatic carbocycles. The minimum atomic E-state index is -0.500. The summed E-state index contributed by atoms with van der Waals surface area (Å²) in [5.74, 6) is 0.0273. The normalized spacial score (nSPS) is 11.9. The minimum Gasteiger partial charge on any atom is -0.449 e. The van der Waals surface area contributed by atoms with Crippen molar-refractivity contribution < 1.29 is 13.9 Å². The van der Waals surface area contributed by atoms with Gasteiger partial charge in [0.25, 0.3) is 0 Å². The van der Waals surface area contributed by atoms with E-state index in [-0.39, 0.29) is 5.82 Å². The van der Waals surface area contributed by atoms with Gasteiger partial charge in [-0.05, 0) is 36.6 Å². The van der Waals surface area contributed by atoms with Crippen LogP contribution in [0.5, 0.6) is 0 Å². The second-order valence-corrected chi connectivity index (χ2v) is 4.12. The number of hydrogen-bond acceptors (Lipinski definition) is 2. The summed E-state index contributed by atoms with van der Waals surface area (Å²) in [6, 6.07) is 5.56. The molecule has 0 bridgehead atoms. The fraction of sp³-hybridized carbons (Fsp3) is 0.462. The fourth-order valence-electron chi connectivity index (χ4n) is 1.48. The molecule has 1 atom stereocenters. The standard InChI is InChI=1S/C13H18FNO2/c1-3-4-10(2)9-17-13(16)15-12-7-5-11(14)6-8-12/h5-8,10H,3-4,9H2,1-2H3,(H,15,16)/t10-/m0/s1. The average molecular weight is 239 g/mol. The zero-order chi connectivity index (χ0) is 12.7. The summed E-state index contributed by atoms with van der Waals surface area (Å²) in [6.45, 7) is 4.53. The van der Waals surface area contributed by atoms with E-state index in [2.05, 4.69) is 12.2 Å². The lowest BCUT2D eigenvalue weighted by molar-refractivity contribution is 0.142. The first-order valence-corrected chi connectivity index (χ1v) is 5.81. The van der Waals surface area contributed by atoms with Crippen LogP contribution in [-0.4, -0.2) is 12.7 Å². The molecule has 4 heteroatoms. The highest BCUT2D eigenvalue weighted by atomic mass is 19.1. The van der Waals surface area contributed by atoms with Crippen LogP contribution in [0.2, 0.25) is 0 Å². The van der Waals surface area contributed by atoms with Crippen LogP contribution >= 0.6 is 0 Å². The second-order valence-electron chi connectivity index (χ2n) is 4.12. The molecule has 17 heavy (non-hydrogen) atoms. The summed E-state index contributed by atoms with van der Waals surface area (Å²) >= 11 is 0. The Bertz CT molecular complexity index is 351. The summed E-state index contributed by atoms with van der Waals surface area (Å²) in [7, 11) is 0. The number of carbonyl (C=O) groups excluding carboxylic acids is 1. The summed E-state index contributed by atoms with van der Waals surface area (Å²) in [5.41, 5.74) is 0.527. The van der Waals surface area contributed by atoms with Gasteiger partial charge in [-0.3, -0.25) is 5.32 Å². The van der Waals surface area contributed by atoms with E-state index in [9.17, 15) is 9.18 Å². The summed E-state index contributed by atoms with van der Waals surface area (Å²) in [5, 5.41) is 2.54. The highest BCUT2D eigenvalue weighted by molar-refractivity contribution is 5.84. The van der Waals surface area contributed by atoms with Crippen molar-refractivity contribution in [2.75, 3.05) is 11.9 Å². The summed E-state index contributed by atoms with van der Waals surface area (Å²) < 4.78 is 17.7. The van der Waals surface area contributed by atoms with Gasteiger partial charge in [-0.15, -0.1) is 0 Å². The van der Waals surface area contributed by atoms with Crippen LogP contribution in [0.15, 0.2) is 24.3 Å². The molecule has 0 aliphatic rings. The molecule has 0 unspecified atom stereocenters. The van der Waals surface area contributed by atoms with Gasteiger partial charge in [-0.25, -0.2) is 9.18 Å². The minimum absolute atomic E-state index is 0.333. The molecule has 0 radical (unpaired) electrons. The fourth-order valence-corrected chi connectivity index (χ4v) is 1.48. The molecule has 0 aromatic heterocycles. The topological polar surface area (TPSA) is 38.3 Å². The van der Waals surface area contributed by atoms with E-state index in [0.717, 1.165) is 12.8 Å². The number of hydrogen-bond donors (Lipinski definition) is 1. The Morgan fingerprint density at radius 1 is 1.41 bits per heavy atom. The quantitative estimate of drug-likeness (QED) is 0.848. The van der Waals surface area contributed by atoms with Gasteiger partial charge in [0.2, 0.25) is 0 Å². The molecule has 3 nitrogen and oxygen atoms in total. The Morgan fingerprint density at radius 3 is 2.65 bits per heavy atom. The zero-order valence-corrected chi connectivity index (χ0v) is 10.2. The van der Waals surface area contributed by atoms with Crippen LogP contribution < -0.4 is 5.32 Å². The van der Waals surface area contributed by atoms with Crippen LogP contribution in [0.1, 0.15) is 26.7 Å². The van der Waals surface area contributed by atoms with Gasteiger partial charge >= 0.3 is 6.09 Å². The number of halogens is 1.